The minimum atomic E-state index is 0.606. The lowest BCUT2D eigenvalue weighted by molar-refractivity contribution is 0.900. The Morgan fingerprint density at radius 2 is 2.25 bits per heavy atom. The Kier molecular flexibility index (Phi) is 3.45. The predicted molar refractivity (Wildman–Crippen MR) is 82.1 cm³/mol. The van der Waals surface area contributed by atoms with Crippen LogP contribution in [0.1, 0.15) is 12.6 Å². The van der Waals surface area contributed by atoms with E-state index in [2.05, 4.69) is 27.1 Å². The average Bonchev–Trinajstić information content (AvgIpc) is 3.05. The number of aromatic amines is 1. The molecule has 7 heteroatoms. The molecule has 0 spiro atoms. The fourth-order valence-electron chi connectivity index (χ4n) is 1.91. The second kappa shape index (κ2) is 5.26. The summed E-state index contributed by atoms with van der Waals surface area (Å²) in [6.45, 7) is 2.09. The van der Waals surface area contributed by atoms with Crippen LogP contribution in [-0.2, 0) is 13.5 Å². The summed E-state index contributed by atoms with van der Waals surface area (Å²) < 4.78 is 2.47. The van der Waals surface area contributed by atoms with Crippen LogP contribution in [0.15, 0.2) is 24.4 Å². The first-order valence-electron chi connectivity index (χ1n) is 6.23. The molecule has 0 radical (unpaired) electrons. The van der Waals surface area contributed by atoms with Crippen LogP contribution < -0.4 is 0 Å². The number of nitrogens with one attached hydrogen (secondary N) is 1. The van der Waals surface area contributed by atoms with Gasteiger partial charge in [0.1, 0.15) is 5.01 Å². The van der Waals surface area contributed by atoms with E-state index < -0.39 is 0 Å². The van der Waals surface area contributed by atoms with Gasteiger partial charge in [-0.2, -0.15) is 5.10 Å². The second-order valence-electron chi connectivity index (χ2n) is 4.27. The molecular weight excluding hydrogens is 290 g/mol. The zero-order valence-electron chi connectivity index (χ0n) is 11.1. The van der Waals surface area contributed by atoms with Gasteiger partial charge < -0.3 is 4.57 Å². The van der Waals surface area contributed by atoms with E-state index in [1.54, 1.807) is 17.5 Å². The third-order valence-electron chi connectivity index (χ3n) is 3.00. The van der Waals surface area contributed by atoms with Crippen molar-refractivity contribution in [3.8, 4) is 21.4 Å². The molecule has 1 N–H and O–H groups in total. The van der Waals surface area contributed by atoms with E-state index in [1.165, 1.54) is 0 Å². The summed E-state index contributed by atoms with van der Waals surface area (Å²) in [6.07, 6.45) is 2.62. The van der Waals surface area contributed by atoms with Crippen molar-refractivity contribution < 1.29 is 0 Å². The summed E-state index contributed by atoms with van der Waals surface area (Å²) in [6, 6.07) is 5.83. The molecule has 0 aromatic carbocycles. The van der Waals surface area contributed by atoms with Gasteiger partial charge in [-0.05, 0) is 30.8 Å². The number of aromatic nitrogens is 5. The first-order chi connectivity index (χ1) is 9.70. The summed E-state index contributed by atoms with van der Waals surface area (Å²) in [7, 11) is 1.90. The van der Waals surface area contributed by atoms with Crippen LogP contribution in [0.5, 0.6) is 0 Å². The molecular formula is C13H13N5S2. The van der Waals surface area contributed by atoms with E-state index in [4.69, 9.17) is 12.2 Å². The molecule has 0 aliphatic rings. The zero-order chi connectivity index (χ0) is 14.1. The Hall–Kier alpha value is -1.86. The number of H-pyrrole nitrogens is 1. The number of pyridine rings is 1. The van der Waals surface area contributed by atoms with Crippen molar-refractivity contribution in [2.75, 3.05) is 0 Å². The molecule has 0 amide bonds. The van der Waals surface area contributed by atoms with E-state index in [9.17, 15) is 0 Å². The van der Waals surface area contributed by atoms with Crippen LogP contribution in [0.25, 0.3) is 21.4 Å². The van der Waals surface area contributed by atoms with Crippen molar-refractivity contribution in [3.63, 3.8) is 0 Å². The lowest BCUT2D eigenvalue weighted by Gasteiger charge is -1.98. The highest BCUT2D eigenvalue weighted by molar-refractivity contribution is 7.71. The first-order valence-corrected chi connectivity index (χ1v) is 7.46. The van der Waals surface area contributed by atoms with Gasteiger partial charge in [0.05, 0.1) is 16.3 Å². The lowest BCUT2D eigenvalue weighted by Crippen LogP contribution is -1.93. The van der Waals surface area contributed by atoms with E-state index >= 15 is 0 Å². The summed E-state index contributed by atoms with van der Waals surface area (Å²) >= 11 is 6.77. The molecule has 0 bridgehead atoms. The number of hydrogen-bond donors (Lipinski definition) is 1. The van der Waals surface area contributed by atoms with Crippen LogP contribution >= 0.6 is 23.6 Å². The van der Waals surface area contributed by atoms with Gasteiger partial charge in [0.25, 0.3) is 0 Å². The Labute approximate surface area is 125 Å². The van der Waals surface area contributed by atoms with Gasteiger partial charge in [-0.15, -0.1) is 11.3 Å². The van der Waals surface area contributed by atoms with Crippen LogP contribution in [0, 0.1) is 4.77 Å². The Morgan fingerprint density at radius 1 is 1.40 bits per heavy atom. The van der Waals surface area contributed by atoms with E-state index in [1.807, 2.05) is 29.8 Å². The molecule has 20 heavy (non-hydrogen) atoms. The smallest absolute Gasteiger partial charge is 0.195 e. The average molecular weight is 303 g/mol. The molecule has 3 rings (SSSR count). The van der Waals surface area contributed by atoms with Crippen molar-refractivity contribution in [1.82, 2.24) is 24.7 Å². The highest BCUT2D eigenvalue weighted by Gasteiger charge is 2.17. The third-order valence-corrected chi connectivity index (χ3v) is 4.48. The third kappa shape index (κ3) is 2.19. The van der Waals surface area contributed by atoms with Gasteiger partial charge in [-0.25, -0.2) is 4.98 Å². The number of aryl methyl sites for hydroxylation is 1. The van der Waals surface area contributed by atoms with Gasteiger partial charge in [0.2, 0.25) is 0 Å². The second-order valence-corrected chi connectivity index (χ2v) is 5.66. The Morgan fingerprint density at radius 3 is 2.85 bits per heavy atom. The zero-order valence-corrected chi connectivity index (χ0v) is 12.8. The van der Waals surface area contributed by atoms with Crippen molar-refractivity contribution in [2.45, 2.75) is 13.3 Å². The van der Waals surface area contributed by atoms with Crippen LogP contribution in [-0.4, -0.2) is 24.7 Å². The fraction of sp³-hybridized carbons (Fsp3) is 0.231. The molecule has 0 saturated heterocycles. The molecule has 102 valence electrons. The maximum atomic E-state index is 5.17. The number of thiazole rings is 1. The molecule has 0 unspecified atom stereocenters. The molecule has 0 atom stereocenters. The molecule has 3 aromatic heterocycles. The maximum Gasteiger partial charge on any atom is 0.195 e. The van der Waals surface area contributed by atoms with Crippen LogP contribution in [0.2, 0.25) is 0 Å². The maximum absolute atomic E-state index is 5.17. The molecule has 3 heterocycles. The SMILES string of the molecule is CCc1nc(-c2ccccn2)sc1-c1n[nH]c(=S)n1C. The molecule has 5 nitrogen and oxygen atoms in total. The van der Waals surface area contributed by atoms with Crippen molar-refractivity contribution >= 4 is 23.6 Å². The fourth-order valence-corrected chi connectivity index (χ4v) is 3.20. The highest BCUT2D eigenvalue weighted by atomic mass is 32.1. The van der Waals surface area contributed by atoms with E-state index in [-0.39, 0.29) is 0 Å². The monoisotopic (exact) mass is 303 g/mol. The van der Waals surface area contributed by atoms with Crippen molar-refractivity contribution in [1.29, 1.82) is 0 Å². The van der Waals surface area contributed by atoms with Crippen LogP contribution in [0.4, 0.5) is 0 Å². The minimum Gasteiger partial charge on any atom is -0.303 e. The molecule has 0 aliphatic heterocycles. The molecule has 3 aromatic rings. The summed E-state index contributed by atoms with van der Waals surface area (Å²) in [5, 5.41) is 8.02. The van der Waals surface area contributed by atoms with Gasteiger partial charge in [0.15, 0.2) is 10.6 Å². The normalized spacial score (nSPS) is 10.9. The Bertz CT molecular complexity index is 785. The molecule has 0 aliphatic carbocycles. The highest BCUT2D eigenvalue weighted by Crippen LogP contribution is 2.33. The number of nitrogens with zero attached hydrogens (tertiary/aromatic N) is 4. The van der Waals surface area contributed by atoms with E-state index in [0.717, 1.165) is 33.5 Å². The van der Waals surface area contributed by atoms with Crippen molar-refractivity contribution in [3.05, 3.63) is 34.9 Å². The van der Waals surface area contributed by atoms with Gasteiger partial charge >= 0.3 is 0 Å². The van der Waals surface area contributed by atoms with Gasteiger partial charge in [-0.3, -0.25) is 10.1 Å². The summed E-state index contributed by atoms with van der Waals surface area (Å²) in [5.74, 6) is 0.825. The topological polar surface area (TPSA) is 59.4 Å². The largest absolute Gasteiger partial charge is 0.303 e. The quantitative estimate of drug-likeness (QED) is 0.755. The molecule has 0 fully saturated rings. The number of hydrogen-bond acceptors (Lipinski definition) is 5. The Balaban J connectivity index is 2.15. The van der Waals surface area contributed by atoms with Gasteiger partial charge in [-0.1, -0.05) is 13.0 Å². The minimum absolute atomic E-state index is 0.606. The summed E-state index contributed by atoms with van der Waals surface area (Å²) in [4.78, 5) is 10.1. The predicted octanol–water partition coefficient (Wildman–Crippen LogP) is 3.23. The lowest BCUT2D eigenvalue weighted by atomic mass is 10.3. The van der Waals surface area contributed by atoms with Crippen molar-refractivity contribution in [2.24, 2.45) is 7.05 Å². The van der Waals surface area contributed by atoms with Gasteiger partial charge in [0, 0.05) is 13.2 Å². The van der Waals surface area contributed by atoms with Crippen LogP contribution in [0.3, 0.4) is 0 Å². The summed E-state index contributed by atoms with van der Waals surface area (Å²) in [5.41, 5.74) is 1.91. The van der Waals surface area contributed by atoms with E-state index in [0.29, 0.717) is 4.77 Å². The molecule has 0 saturated carbocycles. The number of rotatable bonds is 3. The first kappa shape index (κ1) is 13.1. The standard InChI is InChI=1S/C13H13N5S2/c1-3-8-10(11-16-17-13(19)18(11)2)20-12(15-8)9-6-4-5-7-14-9/h4-7H,3H2,1-2H3,(H,17,19).